The first-order chi connectivity index (χ1) is 9.22. The van der Waals surface area contributed by atoms with Gasteiger partial charge in [-0.05, 0) is 29.8 Å². The molecule has 96 valence electrons. The van der Waals surface area contributed by atoms with E-state index in [9.17, 15) is 0 Å². The third kappa shape index (κ3) is 2.48. The minimum absolute atomic E-state index is 0.492. The predicted octanol–water partition coefficient (Wildman–Crippen LogP) is 3.38. The van der Waals surface area contributed by atoms with Crippen LogP contribution in [0.3, 0.4) is 0 Å². The topological polar surface area (TPSA) is 63.9 Å². The number of nitrogens with two attached hydrogens (primary N) is 1. The maximum Gasteiger partial charge on any atom is 0.153 e. The fourth-order valence-corrected chi connectivity index (χ4v) is 1.98. The minimum Gasteiger partial charge on any atom is -0.489 e. The van der Waals surface area contributed by atoms with Gasteiger partial charge in [-0.15, -0.1) is 0 Å². The van der Waals surface area contributed by atoms with Gasteiger partial charge in [0.05, 0.1) is 5.52 Å². The van der Waals surface area contributed by atoms with E-state index >= 15 is 0 Å². The highest BCUT2D eigenvalue weighted by Crippen LogP contribution is 2.23. The normalized spacial score (nSPS) is 10.8. The number of hydrogen-bond acceptors (Lipinski definition) is 3. The van der Waals surface area contributed by atoms with Gasteiger partial charge < -0.3 is 10.5 Å². The Morgan fingerprint density at radius 3 is 2.74 bits per heavy atom. The van der Waals surface area contributed by atoms with Crippen LogP contribution >= 0.6 is 11.6 Å². The molecule has 0 aliphatic heterocycles. The highest BCUT2D eigenvalue weighted by molar-refractivity contribution is 6.30. The summed E-state index contributed by atoms with van der Waals surface area (Å²) >= 11 is 5.83. The van der Waals surface area contributed by atoms with Crippen molar-refractivity contribution in [2.75, 3.05) is 5.73 Å². The zero-order chi connectivity index (χ0) is 13.2. The number of benzene rings is 2. The summed E-state index contributed by atoms with van der Waals surface area (Å²) in [5, 5.41) is 8.43. The van der Waals surface area contributed by atoms with E-state index in [1.807, 2.05) is 42.5 Å². The predicted molar refractivity (Wildman–Crippen MR) is 76.3 cm³/mol. The molecule has 0 amide bonds. The van der Waals surface area contributed by atoms with Crippen LogP contribution in [0, 0.1) is 0 Å². The lowest BCUT2D eigenvalue weighted by atomic mass is 10.2. The van der Waals surface area contributed by atoms with E-state index in [0.717, 1.165) is 27.2 Å². The number of nitrogen functional groups attached to an aromatic ring is 1. The molecular formula is C14H12ClN3O. The summed E-state index contributed by atoms with van der Waals surface area (Å²) in [7, 11) is 0. The Balaban J connectivity index is 1.76. The molecule has 0 aliphatic rings. The monoisotopic (exact) mass is 273 g/mol. The summed E-state index contributed by atoms with van der Waals surface area (Å²) in [5.41, 5.74) is 7.64. The molecule has 0 unspecified atom stereocenters. The van der Waals surface area contributed by atoms with E-state index in [-0.39, 0.29) is 0 Å². The molecule has 1 aromatic heterocycles. The van der Waals surface area contributed by atoms with Crippen LogP contribution in [0.5, 0.6) is 5.75 Å². The Morgan fingerprint density at radius 2 is 1.95 bits per heavy atom. The Morgan fingerprint density at radius 1 is 1.16 bits per heavy atom. The molecule has 0 atom stereocenters. The van der Waals surface area contributed by atoms with Crippen LogP contribution in [0.15, 0.2) is 42.5 Å². The smallest absolute Gasteiger partial charge is 0.153 e. The largest absolute Gasteiger partial charge is 0.489 e. The van der Waals surface area contributed by atoms with Gasteiger partial charge in [0, 0.05) is 16.5 Å². The van der Waals surface area contributed by atoms with E-state index < -0.39 is 0 Å². The van der Waals surface area contributed by atoms with Crippen molar-refractivity contribution < 1.29 is 4.74 Å². The van der Waals surface area contributed by atoms with E-state index in [2.05, 4.69) is 10.2 Å². The number of ether oxygens (including phenoxy) is 1. The third-order valence-corrected chi connectivity index (χ3v) is 3.13. The summed E-state index contributed by atoms with van der Waals surface area (Å²) < 4.78 is 5.72. The van der Waals surface area contributed by atoms with Crippen molar-refractivity contribution in [3.8, 4) is 5.75 Å². The summed E-state index contributed by atoms with van der Waals surface area (Å²) in [5.74, 6) is 1.27. The van der Waals surface area contributed by atoms with Gasteiger partial charge in [0.25, 0.3) is 0 Å². The average Bonchev–Trinajstić information content (AvgIpc) is 2.79. The van der Waals surface area contributed by atoms with E-state index in [4.69, 9.17) is 22.1 Å². The second-order valence-electron chi connectivity index (χ2n) is 4.23. The molecule has 4 nitrogen and oxygen atoms in total. The van der Waals surface area contributed by atoms with Crippen molar-refractivity contribution >= 4 is 28.3 Å². The molecule has 3 aromatic rings. The van der Waals surface area contributed by atoms with Gasteiger partial charge in [-0.1, -0.05) is 23.7 Å². The van der Waals surface area contributed by atoms with Crippen molar-refractivity contribution in [1.82, 2.24) is 10.2 Å². The van der Waals surface area contributed by atoms with Gasteiger partial charge in [-0.2, -0.15) is 5.10 Å². The zero-order valence-electron chi connectivity index (χ0n) is 10.1. The SMILES string of the molecule is Nc1n[nH]c2cc(OCc3ccc(Cl)cc3)ccc12. The first-order valence-corrected chi connectivity index (χ1v) is 6.21. The Hall–Kier alpha value is -2.20. The van der Waals surface area contributed by atoms with Crippen molar-refractivity contribution in [3.63, 3.8) is 0 Å². The molecule has 0 radical (unpaired) electrons. The molecule has 0 spiro atoms. The molecule has 1 heterocycles. The fraction of sp³-hybridized carbons (Fsp3) is 0.0714. The second kappa shape index (κ2) is 4.82. The molecule has 0 saturated carbocycles. The number of rotatable bonds is 3. The Kier molecular flexibility index (Phi) is 3.01. The molecular weight excluding hydrogens is 262 g/mol. The van der Waals surface area contributed by atoms with Crippen LogP contribution in [-0.4, -0.2) is 10.2 Å². The van der Waals surface area contributed by atoms with Gasteiger partial charge in [0.1, 0.15) is 12.4 Å². The van der Waals surface area contributed by atoms with E-state index in [1.165, 1.54) is 0 Å². The van der Waals surface area contributed by atoms with Crippen LogP contribution in [0.25, 0.3) is 10.9 Å². The maximum absolute atomic E-state index is 5.83. The van der Waals surface area contributed by atoms with Gasteiger partial charge in [0.15, 0.2) is 5.82 Å². The lowest BCUT2D eigenvalue weighted by Crippen LogP contribution is -1.94. The molecule has 5 heteroatoms. The quantitative estimate of drug-likeness (QED) is 0.769. The van der Waals surface area contributed by atoms with Crippen molar-refractivity contribution in [3.05, 3.63) is 53.1 Å². The first-order valence-electron chi connectivity index (χ1n) is 5.83. The molecule has 0 fully saturated rings. The number of halogens is 1. The number of nitrogens with one attached hydrogen (secondary N) is 1. The summed E-state index contributed by atoms with van der Waals surface area (Å²) in [6.45, 7) is 0.492. The summed E-state index contributed by atoms with van der Waals surface area (Å²) in [6.07, 6.45) is 0. The van der Waals surface area contributed by atoms with Gasteiger partial charge >= 0.3 is 0 Å². The summed E-state index contributed by atoms with van der Waals surface area (Å²) in [6, 6.07) is 13.2. The maximum atomic E-state index is 5.83. The van der Waals surface area contributed by atoms with E-state index in [1.54, 1.807) is 0 Å². The fourth-order valence-electron chi connectivity index (χ4n) is 1.86. The molecule has 0 aliphatic carbocycles. The number of hydrogen-bond donors (Lipinski definition) is 2. The van der Waals surface area contributed by atoms with Gasteiger partial charge in [-0.3, -0.25) is 5.10 Å². The number of aromatic nitrogens is 2. The molecule has 19 heavy (non-hydrogen) atoms. The highest BCUT2D eigenvalue weighted by atomic mass is 35.5. The molecule has 0 bridgehead atoms. The lowest BCUT2D eigenvalue weighted by molar-refractivity contribution is 0.306. The van der Waals surface area contributed by atoms with Crippen molar-refractivity contribution in [2.24, 2.45) is 0 Å². The Labute approximate surface area is 115 Å². The van der Waals surface area contributed by atoms with E-state index in [0.29, 0.717) is 12.4 Å². The van der Waals surface area contributed by atoms with Crippen LogP contribution < -0.4 is 10.5 Å². The number of anilines is 1. The number of H-pyrrole nitrogens is 1. The second-order valence-corrected chi connectivity index (χ2v) is 4.67. The number of nitrogens with zero attached hydrogens (tertiary/aromatic N) is 1. The molecule has 3 rings (SSSR count). The standard InChI is InChI=1S/C14H12ClN3O/c15-10-3-1-9(2-4-10)8-19-11-5-6-12-13(7-11)17-18-14(12)16/h1-7H,8H2,(H3,16,17,18). The van der Waals surface area contributed by atoms with Crippen molar-refractivity contribution in [2.45, 2.75) is 6.61 Å². The third-order valence-electron chi connectivity index (χ3n) is 2.88. The molecule has 3 N–H and O–H groups in total. The van der Waals surface area contributed by atoms with Crippen molar-refractivity contribution in [1.29, 1.82) is 0 Å². The number of fused-ring (bicyclic) bond motifs is 1. The minimum atomic E-state index is 0.492. The Bertz CT molecular complexity index is 706. The van der Waals surface area contributed by atoms with Gasteiger partial charge in [-0.25, -0.2) is 0 Å². The highest BCUT2D eigenvalue weighted by Gasteiger charge is 2.03. The van der Waals surface area contributed by atoms with Crippen LogP contribution in [0.2, 0.25) is 5.02 Å². The number of aromatic amines is 1. The van der Waals surface area contributed by atoms with Gasteiger partial charge in [0.2, 0.25) is 0 Å². The van der Waals surface area contributed by atoms with Crippen LogP contribution in [0.1, 0.15) is 5.56 Å². The average molecular weight is 274 g/mol. The molecule has 2 aromatic carbocycles. The lowest BCUT2D eigenvalue weighted by Gasteiger charge is -2.06. The zero-order valence-corrected chi connectivity index (χ0v) is 10.8. The molecule has 0 saturated heterocycles. The first kappa shape index (κ1) is 11.9. The van der Waals surface area contributed by atoms with Crippen LogP contribution in [-0.2, 0) is 6.61 Å². The van der Waals surface area contributed by atoms with Crippen LogP contribution in [0.4, 0.5) is 5.82 Å². The summed E-state index contributed by atoms with van der Waals surface area (Å²) in [4.78, 5) is 0.